The molecule has 8 nitrogen and oxygen atoms in total. The summed E-state index contributed by atoms with van der Waals surface area (Å²) in [5.74, 6) is 0.429. The number of nitrogens with zero attached hydrogens (tertiary/aromatic N) is 5. The van der Waals surface area contributed by atoms with Crippen molar-refractivity contribution in [2.75, 3.05) is 18.4 Å². The standard InChI is InChI=1S/C18H29N7O/c1-12-16(21-23-25(12)14-6-8-19-9-7-14)17(26)20-15-10-13(22-24(15)5)11-18(2,3)4/h10,14,19H,6-9,11H2,1-5H3,(H,20,26). The minimum atomic E-state index is -0.243. The van der Waals surface area contributed by atoms with Crippen LogP contribution in [0.3, 0.4) is 0 Å². The normalized spacial score (nSPS) is 16.0. The van der Waals surface area contributed by atoms with Crippen LogP contribution >= 0.6 is 0 Å². The average molecular weight is 359 g/mol. The van der Waals surface area contributed by atoms with Gasteiger partial charge in [-0.25, -0.2) is 4.68 Å². The molecule has 1 fully saturated rings. The molecule has 3 heterocycles. The van der Waals surface area contributed by atoms with Gasteiger partial charge in [-0.2, -0.15) is 5.10 Å². The highest BCUT2D eigenvalue weighted by Crippen LogP contribution is 2.23. The zero-order valence-corrected chi connectivity index (χ0v) is 16.3. The molecule has 1 saturated heterocycles. The van der Waals surface area contributed by atoms with Gasteiger partial charge in [-0.3, -0.25) is 9.48 Å². The molecule has 2 aromatic heterocycles. The molecule has 142 valence electrons. The predicted octanol–water partition coefficient (Wildman–Crippen LogP) is 2.09. The summed E-state index contributed by atoms with van der Waals surface area (Å²) in [6.45, 7) is 10.4. The van der Waals surface area contributed by atoms with Crippen LogP contribution in [0.4, 0.5) is 5.82 Å². The van der Waals surface area contributed by atoms with Gasteiger partial charge in [-0.15, -0.1) is 5.10 Å². The summed E-state index contributed by atoms with van der Waals surface area (Å²) in [4.78, 5) is 12.7. The molecule has 0 spiro atoms. The van der Waals surface area contributed by atoms with Crippen molar-refractivity contribution in [1.82, 2.24) is 30.1 Å². The van der Waals surface area contributed by atoms with Gasteiger partial charge < -0.3 is 10.6 Å². The number of aromatic nitrogens is 5. The van der Waals surface area contributed by atoms with Crippen molar-refractivity contribution in [3.05, 3.63) is 23.1 Å². The molecular formula is C18H29N7O. The number of hydrogen-bond acceptors (Lipinski definition) is 5. The molecule has 0 radical (unpaired) electrons. The fraction of sp³-hybridized carbons (Fsp3) is 0.667. The fourth-order valence-corrected chi connectivity index (χ4v) is 3.40. The van der Waals surface area contributed by atoms with Crippen molar-refractivity contribution in [2.24, 2.45) is 12.5 Å². The Morgan fingerprint density at radius 3 is 2.69 bits per heavy atom. The van der Waals surface area contributed by atoms with Crippen LogP contribution in [-0.2, 0) is 13.5 Å². The highest BCUT2D eigenvalue weighted by atomic mass is 16.2. The van der Waals surface area contributed by atoms with Crippen LogP contribution in [0.15, 0.2) is 6.07 Å². The molecule has 1 aliphatic heterocycles. The number of amides is 1. The zero-order chi connectivity index (χ0) is 18.9. The van der Waals surface area contributed by atoms with Crippen molar-refractivity contribution in [2.45, 2.75) is 53.0 Å². The number of hydrogen-bond donors (Lipinski definition) is 2. The second-order valence-electron chi connectivity index (χ2n) is 8.29. The summed E-state index contributed by atoms with van der Waals surface area (Å²) >= 11 is 0. The molecule has 0 aromatic carbocycles. The van der Waals surface area contributed by atoms with Crippen LogP contribution in [0.5, 0.6) is 0 Å². The quantitative estimate of drug-likeness (QED) is 0.872. The topological polar surface area (TPSA) is 89.7 Å². The number of rotatable bonds is 4. The number of nitrogens with one attached hydrogen (secondary N) is 2. The highest BCUT2D eigenvalue weighted by molar-refractivity contribution is 6.03. The molecule has 2 aromatic rings. The third-order valence-electron chi connectivity index (χ3n) is 4.68. The predicted molar refractivity (Wildman–Crippen MR) is 100 cm³/mol. The van der Waals surface area contributed by atoms with E-state index in [1.165, 1.54) is 0 Å². The molecule has 0 saturated carbocycles. The third-order valence-corrected chi connectivity index (χ3v) is 4.68. The van der Waals surface area contributed by atoms with E-state index in [0.717, 1.165) is 43.7 Å². The van der Waals surface area contributed by atoms with E-state index >= 15 is 0 Å². The van der Waals surface area contributed by atoms with Crippen molar-refractivity contribution < 1.29 is 4.79 Å². The smallest absolute Gasteiger partial charge is 0.279 e. The van der Waals surface area contributed by atoms with Gasteiger partial charge in [0.15, 0.2) is 5.69 Å². The lowest BCUT2D eigenvalue weighted by atomic mass is 9.91. The summed E-state index contributed by atoms with van der Waals surface area (Å²) in [5, 5.41) is 19.1. The molecule has 0 atom stereocenters. The van der Waals surface area contributed by atoms with E-state index < -0.39 is 0 Å². The van der Waals surface area contributed by atoms with Crippen LogP contribution in [0, 0.1) is 12.3 Å². The van der Waals surface area contributed by atoms with Gasteiger partial charge in [0.05, 0.1) is 17.4 Å². The van der Waals surface area contributed by atoms with E-state index in [4.69, 9.17) is 0 Å². The maximum absolute atomic E-state index is 12.7. The minimum absolute atomic E-state index is 0.143. The Morgan fingerprint density at radius 1 is 1.35 bits per heavy atom. The summed E-state index contributed by atoms with van der Waals surface area (Å²) in [7, 11) is 1.83. The molecule has 8 heteroatoms. The molecule has 0 bridgehead atoms. The Labute approximate surface area is 154 Å². The van der Waals surface area contributed by atoms with Gasteiger partial charge in [-0.1, -0.05) is 26.0 Å². The van der Waals surface area contributed by atoms with E-state index in [1.807, 2.05) is 24.7 Å². The summed E-state index contributed by atoms with van der Waals surface area (Å²) in [6, 6.07) is 2.23. The number of piperidine rings is 1. The first-order valence-corrected chi connectivity index (χ1v) is 9.21. The molecule has 2 N–H and O–H groups in total. The Bertz CT molecular complexity index is 778. The number of carbonyl (C=O) groups is 1. The van der Waals surface area contributed by atoms with Crippen LogP contribution in [0.2, 0.25) is 0 Å². The van der Waals surface area contributed by atoms with Crippen LogP contribution in [0.25, 0.3) is 0 Å². The number of carbonyl (C=O) groups excluding carboxylic acids is 1. The second-order valence-corrected chi connectivity index (χ2v) is 8.29. The Balaban J connectivity index is 1.73. The van der Waals surface area contributed by atoms with Crippen LogP contribution < -0.4 is 10.6 Å². The van der Waals surface area contributed by atoms with Crippen molar-refractivity contribution in [1.29, 1.82) is 0 Å². The molecule has 3 rings (SSSR count). The van der Waals surface area contributed by atoms with E-state index in [9.17, 15) is 4.79 Å². The van der Waals surface area contributed by atoms with E-state index in [-0.39, 0.29) is 11.3 Å². The Hall–Kier alpha value is -2.22. The lowest BCUT2D eigenvalue weighted by molar-refractivity contribution is 0.102. The highest BCUT2D eigenvalue weighted by Gasteiger charge is 2.24. The fourth-order valence-electron chi connectivity index (χ4n) is 3.40. The lowest BCUT2D eigenvalue weighted by Crippen LogP contribution is -2.30. The SMILES string of the molecule is Cc1c(C(=O)Nc2cc(CC(C)(C)C)nn2C)nnn1C1CCNCC1. The monoisotopic (exact) mass is 359 g/mol. The molecule has 1 amide bonds. The maximum atomic E-state index is 12.7. The molecule has 0 aliphatic carbocycles. The van der Waals surface area contributed by atoms with E-state index in [2.05, 4.69) is 46.8 Å². The second kappa shape index (κ2) is 7.19. The van der Waals surface area contributed by atoms with Crippen molar-refractivity contribution >= 4 is 11.7 Å². The maximum Gasteiger partial charge on any atom is 0.279 e. The van der Waals surface area contributed by atoms with Crippen molar-refractivity contribution in [3.63, 3.8) is 0 Å². The molecule has 0 unspecified atom stereocenters. The van der Waals surface area contributed by atoms with Gasteiger partial charge in [0.1, 0.15) is 5.82 Å². The zero-order valence-electron chi connectivity index (χ0n) is 16.3. The summed E-state index contributed by atoms with van der Waals surface area (Å²) in [6.07, 6.45) is 2.86. The van der Waals surface area contributed by atoms with Crippen LogP contribution in [-0.4, -0.2) is 43.8 Å². The van der Waals surface area contributed by atoms with Gasteiger partial charge in [0, 0.05) is 13.1 Å². The number of anilines is 1. The Kier molecular flexibility index (Phi) is 5.13. The first-order valence-electron chi connectivity index (χ1n) is 9.21. The first-order chi connectivity index (χ1) is 12.2. The van der Waals surface area contributed by atoms with Crippen LogP contribution in [0.1, 0.15) is 61.5 Å². The van der Waals surface area contributed by atoms with Gasteiger partial charge in [0.25, 0.3) is 5.91 Å². The minimum Gasteiger partial charge on any atom is -0.317 e. The summed E-state index contributed by atoms with van der Waals surface area (Å²) in [5.41, 5.74) is 2.29. The first kappa shape index (κ1) is 18.6. The third kappa shape index (κ3) is 4.12. The van der Waals surface area contributed by atoms with E-state index in [0.29, 0.717) is 17.6 Å². The van der Waals surface area contributed by atoms with E-state index in [1.54, 1.807) is 4.68 Å². The Morgan fingerprint density at radius 2 is 2.04 bits per heavy atom. The summed E-state index contributed by atoms with van der Waals surface area (Å²) < 4.78 is 3.59. The largest absolute Gasteiger partial charge is 0.317 e. The number of aryl methyl sites for hydroxylation is 1. The van der Waals surface area contributed by atoms with Crippen molar-refractivity contribution in [3.8, 4) is 0 Å². The average Bonchev–Trinajstić information content (AvgIpc) is 3.09. The van der Waals surface area contributed by atoms with Gasteiger partial charge in [-0.05, 0) is 44.7 Å². The molecular weight excluding hydrogens is 330 g/mol. The molecule has 26 heavy (non-hydrogen) atoms. The van der Waals surface area contributed by atoms with Gasteiger partial charge >= 0.3 is 0 Å². The van der Waals surface area contributed by atoms with Gasteiger partial charge in [0.2, 0.25) is 0 Å². The lowest BCUT2D eigenvalue weighted by Gasteiger charge is -2.23. The molecule has 1 aliphatic rings.